The topological polar surface area (TPSA) is 76.1 Å². The SMILES string of the molecule is COc1ccc(CCNC(=O)c2cc(NCCc3ccc(F)cc3)ncn2)cc1. The van der Waals surface area contributed by atoms with Crippen LogP contribution in [0.3, 0.4) is 0 Å². The molecule has 29 heavy (non-hydrogen) atoms. The van der Waals surface area contributed by atoms with E-state index >= 15 is 0 Å². The molecule has 1 heterocycles. The minimum absolute atomic E-state index is 0.248. The first kappa shape index (κ1) is 20.3. The van der Waals surface area contributed by atoms with Gasteiger partial charge in [-0.3, -0.25) is 4.79 Å². The summed E-state index contributed by atoms with van der Waals surface area (Å²) in [6, 6.07) is 15.7. The number of hydrogen-bond donors (Lipinski definition) is 2. The molecular formula is C22H23FN4O2. The summed E-state index contributed by atoms with van der Waals surface area (Å²) in [6.07, 6.45) is 2.79. The van der Waals surface area contributed by atoms with E-state index in [-0.39, 0.29) is 11.7 Å². The van der Waals surface area contributed by atoms with Crippen LogP contribution in [0.2, 0.25) is 0 Å². The Morgan fingerprint density at radius 2 is 1.62 bits per heavy atom. The van der Waals surface area contributed by atoms with E-state index in [2.05, 4.69) is 20.6 Å². The molecule has 2 aromatic carbocycles. The van der Waals surface area contributed by atoms with Crippen LogP contribution in [0.4, 0.5) is 10.2 Å². The molecule has 0 aliphatic carbocycles. The molecule has 6 nitrogen and oxygen atoms in total. The zero-order valence-corrected chi connectivity index (χ0v) is 16.2. The summed E-state index contributed by atoms with van der Waals surface area (Å²) in [4.78, 5) is 20.5. The molecule has 0 spiro atoms. The number of benzene rings is 2. The third kappa shape index (κ3) is 6.27. The molecule has 0 atom stereocenters. The average molecular weight is 394 g/mol. The molecule has 0 unspecified atom stereocenters. The fourth-order valence-electron chi connectivity index (χ4n) is 2.77. The Labute approximate surface area is 169 Å². The van der Waals surface area contributed by atoms with Crippen molar-refractivity contribution in [3.05, 3.63) is 83.6 Å². The second-order valence-electron chi connectivity index (χ2n) is 6.45. The second kappa shape index (κ2) is 10.2. The second-order valence-corrected chi connectivity index (χ2v) is 6.45. The Morgan fingerprint density at radius 3 is 2.31 bits per heavy atom. The Bertz CT molecular complexity index is 930. The van der Waals surface area contributed by atoms with Gasteiger partial charge in [-0.2, -0.15) is 0 Å². The highest BCUT2D eigenvalue weighted by Gasteiger charge is 2.08. The van der Waals surface area contributed by atoms with Gasteiger partial charge in [0.15, 0.2) is 0 Å². The molecule has 0 aliphatic rings. The van der Waals surface area contributed by atoms with Crippen LogP contribution in [0.15, 0.2) is 60.9 Å². The summed E-state index contributed by atoms with van der Waals surface area (Å²) < 4.78 is 18.1. The summed E-state index contributed by atoms with van der Waals surface area (Å²) in [6.45, 7) is 1.11. The van der Waals surface area contributed by atoms with Gasteiger partial charge in [0.05, 0.1) is 7.11 Å². The van der Waals surface area contributed by atoms with E-state index in [0.717, 1.165) is 16.9 Å². The molecule has 0 bridgehead atoms. The molecule has 0 saturated heterocycles. The van der Waals surface area contributed by atoms with Crippen LogP contribution in [-0.2, 0) is 12.8 Å². The van der Waals surface area contributed by atoms with E-state index in [1.54, 1.807) is 25.3 Å². The monoisotopic (exact) mass is 394 g/mol. The highest BCUT2D eigenvalue weighted by atomic mass is 19.1. The molecule has 0 radical (unpaired) electrons. The fraction of sp³-hybridized carbons (Fsp3) is 0.227. The van der Waals surface area contributed by atoms with E-state index < -0.39 is 0 Å². The number of ether oxygens (including phenoxy) is 1. The minimum atomic E-state index is -0.250. The van der Waals surface area contributed by atoms with Gasteiger partial charge in [0, 0.05) is 19.2 Å². The molecule has 0 fully saturated rings. The number of nitrogens with one attached hydrogen (secondary N) is 2. The predicted molar refractivity (Wildman–Crippen MR) is 110 cm³/mol. The van der Waals surface area contributed by atoms with Crippen molar-refractivity contribution in [1.82, 2.24) is 15.3 Å². The summed E-state index contributed by atoms with van der Waals surface area (Å²) in [5.41, 5.74) is 2.43. The van der Waals surface area contributed by atoms with E-state index in [1.807, 2.05) is 24.3 Å². The standard InChI is InChI=1S/C22H23FN4O2/c1-29-19-8-4-17(5-9-19)11-13-25-22(28)20-14-21(27-15-26-20)24-12-10-16-2-6-18(23)7-3-16/h2-9,14-15H,10-13H2,1H3,(H,25,28)(H,24,26,27). The number of anilines is 1. The molecule has 3 rings (SSSR count). The number of nitrogens with zero attached hydrogens (tertiary/aromatic N) is 2. The summed E-state index contributed by atoms with van der Waals surface area (Å²) in [7, 11) is 1.63. The number of aromatic nitrogens is 2. The van der Waals surface area contributed by atoms with Crippen molar-refractivity contribution in [2.75, 3.05) is 25.5 Å². The van der Waals surface area contributed by atoms with Crippen molar-refractivity contribution in [3.63, 3.8) is 0 Å². The van der Waals surface area contributed by atoms with Crippen molar-refractivity contribution < 1.29 is 13.9 Å². The predicted octanol–water partition coefficient (Wildman–Crippen LogP) is 3.25. The number of hydrogen-bond acceptors (Lipinski definition) is 5. The number of halogens is 1. The first-order valence-electron chi connectivity index (χ1n) is 9.35. The Kier molecular flexibility index (Phi) is 7.10. The summed E-state index contributed by atoms with van der Waals surface area (Å²) >= 11 is 0. The van der Waals surface area contributed by atoms with Crippen molar-refractivity contribution >= 4 is 11.7 Å². The van der Waals surface area contributed by atoms with Gasteiger partial charge in [-0.1, -0.05) is 24.3 Å². The number of amides is 1. The number of rotatable bonds is 9. The molecule has 1 aromatic heterocycles. The maximum atomic E-state index is 12.9. The fourth-order valence-corrected chi connectivity index (χ4v) is 2.77. The van der Waals surface area contributed by atoms with Crippen LogP contribution in [0.5, 0.6) is 5.75 Å². The lowest BCUT2D eigenvalue weighted by Crippen LogP contribution is -2.26. The van der Waals surface area contributed by atoms with Crippen molar-refractivity contribution in [2.24, 2.45) is 0 Å². The third-order valence-corrected chi connectivity index (χ3v) is 4.39. The lowest BCUT2D eigenvalue weighted by Gasteiger charge is -2.08. The molecule has 0 aliphatic heterocycles. The number of carbonyl (C=O) groups excluding carboxylic acids is 1. The van der Waals surface area contributed by atoms with Crippen LogP contribution in [0, 0.1) is 5.82 Å². The molecule has 3 aromatic rings. The maximum Gasteiger partial charge on any atom is 0.270 e. The van der Waals surface area contributed by atoms with Crippen LogP contribution in [0.25, 0.3) is 0 Å². The van der Waals surface area contributed by atoms with Gasteiger partial charge in [0.25, 0.3) is 5.91 Å². The molecular weight excluding hydrogens is 371 g/mol. The largest absolute Gasteiger partial charge is 0.497 e. The quantitative estimate of drug-likeness (QED) is 0.583. The first-order chi connectivity index (χ1) is 14.1. The molecule has 2 N–H and O–H groups in total. The third-order valence-electron chi connectivity index (χ3n) is 4.39. The van der Waals surface area contributed by atoms with E-state index in [1.165, 1.54) is 18.5 Å². The van der Waals surface area contributed by atoms with Gasteiger partial charge in [-0.15, -0.1) is 0 Å². The van der Waals surface area contributed by atoms with Crippen LogP contribution < -0.4 is 15.4 Å². The zero-order chi connectivity index (χ0) is 20.5. The van der Waals surface area contributed by atoms with E-state index in [0.29, 0.717) is 37.4 Å². The number of methoxy groups -OCH3 is 1. The lowest BCUT2D eigenvalue weighted by atomic mass is 10.1. The molecule has 7 heteroatoms. The Morgan fingerprint density at radius 1 is 0.966 bits per heavy atom. The van der Waals surface area contributed by atoms with Crippen LogP contribution in [-0.4, -0.2) is 36.1 Å². The van der Waals surface area contributed by atoms with Gasteiger partial charge in [0.2, 0.25) is 0 Å². The Hall–Kier alpha value is -3.48. The summed E-state index contributed by atoms with van der Waals surface area (Å²) in [5, 5.41) is 6.03. The zero-order valence-electron chi connectivity index (χ0n) is 16.2. The Balaban J connectivity index is 1.46. The van der Waals surface area contributed by atoms with Gasteiger partial charge in [-0.25, -0.2) is 14.4 Å². The smallest absolute Gasteiger partial charge is 0.270 e. The number of carbonyl (C=O) groups is 1. The molecule has 150 valence electrons. The van der Waals surface area contributed by atoms with Crippen molar-refractivity contribution in [3.8, 4) is 5.75 Å². The minimum Gasteiger partial charge on any atom is -0.497 e. The van der Waals surface area contributed by atoms with Crippen molar-refractivity contribution in [1.29, 1.82) is 0 Å². The highest BCUT2D eigenvalue weighted by molar-refractivity contribution is 5.92. The van der Waals surface area contributed by atoms with Gasteiger partial charge in [-0.05, 0) is 48.2 Å². The van der Waals surface area contributed by atoms with Crippen LogP contribution >= 0.6 is 0 Å². The van der Waals surface area contributed by atoms with Gasteiger partial charge in [0.1, 0.15) is 29.4 Å². The van der Waals surface area contributed by atoms with E-state index in [9.17, 15) is 9.18 Å². The highest BCUT2D eigenvalue weighted by Crippen LogP contribution is 2.11. The molecule has 0 saturated carbocycles. The van der Waals surface area contributed by atoms with E-state index in [4.69, 9.17) is 4.74 Å². The average Bonchev–Trinajstić information content (AvgIpc) is 2.76. The lowest BCUT2D eigenvalue weighted by molar-refractivity contribution is 0.0949. The maximum absolute atomic E-state index is 12.9. The van der Waals surface area contributed by atoms with Gasteiger partial charge < -0.3 is 15.4 Å². The van der Waals surface area contributed by atoms with Crippen molar-refractivity contribution in [2.45, 2.75) is 12.8 Å². The summed E-state index contributed by atoms with van der Waals surface area (Å²) in [5.74, 6) is 0.878. The molecule has 1 amide bonds. The first-order valence-corrected chi connectivity index (χ1v) is 9.35. The van der Waals surface area contributed by atoms with Crippen LogP contribution in [0.1, 0.15) is 21.6 Å². The van der Waals surface area contributed by atoms with Gasteiger partial charge >= 0.3 is 0 Å². The normalized spacial score (nSPS) is 10.4.